The Balaban J connectivity index is 1.48. The van der Waals surface area contributed by atoms with Gasteiger partial charge in [-0.2, -0.15) is 5.10 Å². The van der Waals surface area contributed by atoms with Gasteiger partial charge in [0.05, 0.1) is 11.4 Å². The van der Waals surface area contributed by atoms with Gasteiger partial charge in [0.15, 0.2) is 5.69 Å². The molecule has 3 heterocycles. The number of nitrogens with zero attached hydrogens (tertiary/aromatic N) is 3. The number of amides is 2. The number of pyridine rings is 1. The van der Waals surface area contributed by atoms with Crippen LogP contribution in [-0.4, -0.2) is 45.0 Å². The fourth-order valence-corrected chi connectivity index (χ4v) is 3.49. The summed E-state index contributed by atoms with van der Waals surface area (Å²) in [6.07, 6.45) is 3.19. The zero-order valence-electron chi connectivity index (χ0n) is 15.1. The maximum Gasteiger partial charge on any atom is 0.275 e. The van der Waals surface area contributed by atoms with Gasteiger partial charge in [0.25, 0.3) is 5.91 Å². The summed E-state index contributed by atoms with van der Waals surface area (Å²) in [5.74, 6) is 0.0821. The Kier molecular flexibility index (Phi) is 4.58. The molecule has 1 fully saturated rings. The zero-order chi connectivity index (χ0) is 18.8. The number of piperidine rings is 1. The monoisotopic (exact) mass is 363 g/mol. The number of para-hydroxylation sites is 1. The summed E-state index contributed by atoms with van der Waals surface area (Å²) < 4.78 is 0. The van der Waals surface area contributed by atoms with Crippen LogP contribution in [0.1, 0.15) is 28.9 Å². The van der Waals surface area contributed by atoms with Crippen LogP contribution in [0.5, 0.6) is 0 Å². The average Bonchev–Trinajstić information content (AvgIpc) is 3.13. The Bertz CT molecular complexity index is 997. The second-order valence-corrected chi connectivity index (χ2v) is 6.87. The van der Waals surface area contributed by atoms with Gasteiger partial charge in [-0.25, -0.2) is 4.98 Å². The zero-order valence-corrected chi connectivity index (χ0v) is 15.1. The Labute approximate surface area is 156 Å². The first-order valence-electron chi connectivity index (χ1n) is 9.08. The first kappa shape index (κ1) is 17.2. The molecule has 0 spiro atoms. The van der Waals surface area contributed by atoms with Crippen molar-refractivity contribution in [3.8, 4) is 0 Å². The van der Waals surface area contributed by atoms with E-state index in [1.54, 1.807) is 11.1 Å². The number of carbonyl (C=O) groups is 2. The lowest BCUT2D eigenvalue weighted by Crippen LogP contribution is -2.44. The third kappa shape index (κ3) is 3.40. The van der Waals surface area contributed by atoms with E-state index in [-0.39, 0.29) is 17.7 Å². The number of likely N-dealkylation sites (tertiary alicyclic amines) is 1. The van der Waals surface area contributed by atoms with E-state index in [1.807, 2.05) is 43.3 Å². The fourth-order valence-electron chi connectivity index (χ4n) is 3.49. The Morgan fingerprint density at radius 1 is 1.22 bits per heavy atom. The third-order valence-electron chi connectivity index (χ3n) is 5.00. The highest BCUT2D eigenvalue weighted by molar-refractivity contribution is 6.05. The molecule has 2 N–H and O–H groups in total. The number of aryl methyl sites for hydroxylation is 1. The van der Waals surface area contributed by atoms with Crippen LogP contribution < -0.4 is 5.32 Å². The predicted octanol–water partition coefficient (Wildman–Crippen LogP) is 2.76. The molecule has 0 bridgehead atoms. The molecule has 1 atom stereocenters. The number of aromatic nitrogens is 3. The van der Waals surface area contributed by atoms with Crippen molar-refractivity contribution in [1.82, 2.24) is 20.1 Å². The quantitative estimate of drug-likeness (QED) is 0.749. The van der Waals surface area contributed by atoms with Gasteiger partial charge in [-0.1, -0.05) is 24.3 Å². The fraction of sp³-hybridized carbons (Fsp3) is 0.300. The van der Waals surface area contributed by atoms with Crippen LogP contribution in [0, 0.1) is 12.8 Å². The van der Waals surface area contributed by atoms with Gasteiger partial charge < -0.3 is 10.2 Å². The van der Waals surface area contributed by atoms with E-state index in [4.69, 9.17) is 0 Å². The number of carbonyl (C=O) groups excluding carboxylic acids is 2. The SMILES string of the molecule is Cc1cccnc1NC(=O)C1CCCN(C(=O)c2n[nH]c3ccccc23)C1. The number of rotatable bonds is 3. The number of nitrogens with one attached hydrogen (secondary N) is 2. The lowest BCUT2D eigenvalue weighted by molar-refractivity contribution is -0.121. The third-order valence-corrected chi connectivity index (χ3v) is 5.00. The number of hydrogen-bond donors (Lipinski definition) is 2. The summed E-state index contributed by atoms with van der Waals surface area (Å²) in [6, 6.07) is 11.3. The minimum absolute atomic E-state index is 0.0961. The van der Waals surface area contributed by atoms with Gasteiger partial charge in [0.2, 0.25) is 5.91 Å². The van der Waals surface area contributed by atoms with Crippen LogP contribution in [0.2, 0.25) is 0 Å². The standard InChI is InChI=1S/C20H21N5O2/c1-13-6-4-10-21-18(13)22-19(26)14-7-5-11-25(12-14)20(27)17-15-8-2-3-9-16(15)23-24-17/h2-4,6,8-10,14H,5,7,11-12H2,1H3,(H,23,24)(H,21,22,26). The number of H-pyrrole nitrogens is 1. The molecule has 2 aromatic heterocycles. The largest absolute Gasteiger partial charge is 0.336 e. The van der Waals surface area contributed by atoms with Crippen molar-refractivity contribution in [2.75, 3.05) is 18.4 Å². The highest BCUT2D eigenvalue weighted by atomic mass is 16.2. The molecule has 0 saturated carbocycles. The van der Waals surface area contributed by atoms with Gasteiger partial charge in [-0.15, -0.1) is 0 Å². The summed E-state index contributed by atoms with van der Waals surface area (Å²) in [6.45, 7) is 2.92. The molecule has 1 unspecified atom stereocenters. The first-order chi connectivity index (χ1) is 13.1. The van der Waals surface area contributed by atoms with Crippen LogP contribution in [-0.2, 0) is 4.79 Å². The van der Waals surface area contributed by atoms with Crippen molar-refractivity contribution in [3.63, 3.8) is 0 Å². The Hall–Kier alpha value is -3.22. The van der Waals surface area contributed by atoms with Crippen molar-refractivity contribution in [3.05, 3.63) is 53.9 Å². The van der Waals surface area contributed by atoms with E-state index in [2.05, 4.69) is 20.5 Å². The Morgan fingerprint density at radius 2 is 2.07 bits per heavy atom. The molecule has 1 aliphatic heterocycles. The number of aromatic amines is 1. The maximum atomic E-state index is 13.0. The maximum absolute atomic E-state index is 13.0. The number of fused-ring (bicyclic) bond motifs is 1. The van der Waals surface area contributed by atoms with E-state index in [1.165, 1.54) is 0 Å². The Morgan fingerprint density at radius 3 is 2.93 bits per heavy atom. The second-order valence-electron chi connectivity index (χ2n) is 6.87. The van der Waals surface area contributed by atoms with Crippen molar-refractivity contribution >= 4 is 28.5 Å². The summed E-state index contributed by atoms with van der Waals surface area (Å²) in [4.78, 5) is 31.6. The van der Waals surface area contributed by atoms with Gasteiger partial charge >= 0.3 is 0 Å². The van der Waals surface area contributed by atoms with Gasteiger partial charge in [-0.05, 0) is 37.5 Å². The van der Waals surface area contributed by atoms with Crippen molar-refractivity contribution in [2.45, 2.75) is 19.8 Å². The van der Waals surface area contributed by atoms with E-state index in [0.29, 0.717) is 24.6 Å². The molecule has 3 aromatic rings. The van der Waals surface area contributed by atoms with Crippen LogP contribution in [0.25, 0.3) is 10.9 Å². The van der Waals surface area contributed by atoms with Crippen LogP contribution >= 0.6 is 0 Å². The summed E-state index contributed by atoms with van der Waals surface area (Å²) >= 11 is 0. The lowest BCUT2D eigenvalue weighted by atomic mass is 9.96. The smallest absolute Gasteiger partial charge is 0.275 e. The summed E-state index contributed by atoms with van der Waals surface area (Å²) in [5, 5.41) is 10.8. The van der Waals surface area contributed by atoms with Crippen LogP contribution in [0.4, 0.5) is 5.82 Å². The molecule has 4 rings (SSSR count). The molecule has 1 aliphatic rings. The molecular weight excluding hydrogens is 342 g/mol. The molecule has 7 heteroatoms. The topological polar surface area (TPSA) is 91.0 Å². The molecule has 1 aromatic carbocycles. The molecule has 0 radical (unpaired) electrons. The number of benzene rings is 1. The van der Waals surface area contributed by atoms with Gasteiger partial charge in [0, 0.05) is 24.7 Å². The second kappa shape index (κ2) is 7.19. The first-order valence-corrected chi connectivity index (χ1v) is 9.08. The summed E-state index contributed by atoms with van der Waals surface area (Å²) in [7, 11) is 0. The minimum Gasteiger partial charge on any atom is -0.336 e. The van der Waals surface area contributed by atoms with Crippen LogP contribution in [0.15, 0.2) is 42.6 Å². The molecule has 1 saturated heterocycles. The number of anilines is 1. The van der Waals surface area contributed by atoms with Crippen molar-refractivity contribution in [2.24, 2.45) is 5.92 Å². The summed E-state index contributed by atoms with van der Waals surface area (Å²) in [5.41, 5.74) is 2.16. The molecule has 27 heavy (non-hydrogen) atoms. The van der Waals surface area contributed by atoms with E-state index in [0.717, 1.165) is 29.3 Å². The van der Waals surface area contributed by atoms with E-state index in [9.17, 15) is 9.59 Å². The predicted molar refractivity (Wildman–Crippen MR) is 102 cm³/mol. The minimum atomic E-state index is -0.255. The number of hydrogen-bond acceptors (Lipinski definition) is 4. The molecule has 2 amide bonds. The normalized spacial score (nSPS) is 17.1. The molecule has 0 aliphatic carbocycles. The molecular formula is C20H21N5O2. The van der Waals surface area contributed by atoms with Crippen molar-refractivity contribution in [1.29, 1.82) is 0 Å². The van der Waals surface area contributed by atoms with Gasteiger partial charge in [-0.3, -0.25) is 14.7 Å². The molecule has 7 nitrogen and oxygen atoms in total. The van der Waals surface area contributed by atoms with Crippen LogP contribution in [0.3, 0.4) is 0 Å². The lowest BCUT2D eigenvalue weighted by Gasteiger charge is -2.31. The molecule has 138 valence electrons. The van der Waals surface area contributed by atoms with Gasteiger partial charge in [0.1, 0.15) is 5.82 Å². The average molecular weight is 363 g/mol. The highest BCUT2D eigenvalue weighted by Gasteiger charge is 2.30. The van der Waals surface area contributed by atoms with E-state index < -0.39 is 0 Å². The van der Waals surface area contributed by atoms with Crippen molar-refractivity contribution < 1.29 is 9.59 Å². The van der Waals surface area contributed by atoms with E-state index >= 15 is 0 Å². The highest BCUT2D eigenvalue weighted by Crippen LogP contribution is 2.23.